The molecule has 0 saturated carbocycles. The molecule has 3 rings (SSSR count). The fourth-order valence-corrected chi connectivity index (χ4v) is 2.15. The number of carboxylic acid groups (broad SMARTS) is 1. The average molecular weight is 347 g/mol. The maximum atomic E-state index is 11.4. The van der Waals surface area contributed by atoms with Crippen LogP contribution in [0.2, 0.25) is 0 Å². The lowest BCUT2D eigenvalue weighted by Gasteiger charge is -2.07. The van der Waals surface area contributed by atoms with Crippen molar-refractivity contribution in [3.63, 3.8) is 0 Å². The highest BCUT2D eigenvalue weighted by Gasteiger charge is 2.27. The summed E-state index contributed by atoms with van der Waals surface area (Å²) in [5.41, 5.74) is 4.83. The Morgan fingerprint density at radius 3 is 2.76 bits per heavy atom. The van der Waals surface area contributed by atoms with E-state index in [0.717, 1.165) is 10.7 Å². The number of methoxy groups -OCH3 is 1. The summed E-state index contributed by atoms with van der Waals surface area (Å²) in [6.07, 6.45) is 0. The summed E-state index contributed by atoms with van der Waals surface area (Å²) < 4.78 is 10.4. The third-order valence-electron chi connectivity index (χ3n) is 3.22. The first-order chi connectivity index (χ1) is 11.9. The van der Waals surface area contributed by atoms with Gasteiger partial charge in [-0.1, -0.05) is 5.21 Å². The maximum absolute atomic E-state index is 11.4. The van der Waals surface area contributed by atoms with Crippen molar-refractivity contribution in [2.45, 2.75) is 0 Å². The van der Waals surface area contributed by atoms with Crippen LogP contribution in [0, 0.1) is 10.1 Å². The molecule has 25 heavy (non-hydrogen) atoms. The normalized spacial score (nSPS) is 10.6. The largest absolute Gasteiger partial charge is 0.490 e. The molecule has 0 aliphatic rings. The molecule has 3 N–H and O–H groups in total. The number of nitrogens with two attached hydrogens (primary N) is 1. The number of carbonyl (C=O) groups is 1. The van der Waals surface area contributed by atoms with Crippen molar-refractivity contribution in [1.82, 2.24) is 25.3 Å². The Balaban J connectivity index is 2.28. The third kappa shape index (κ3) is 2.58. The number of ether oxygens (including phenoxy) is 1. The highest BCUT2D eigenvalue weighted by molar-refractivity contribution is 5.93. The molecular weight excluding hydrogens is 338 g/mol. The van der Waals surface area contributed by atoms with E-state index in [1.165, 1.54) is 19.2 Å². The summed E-state index contributed by atoms with van der Waals surface area (Å²) in [7, 11) is 1.28. The predicted molar refractivity (Wildman–Crippen MR) is 79.2 cm³/mol. The number of nitro benzene ring substituents is 1. The molecule has 0 unspecified atom stereocenters. The van der Waals surface area contributed by atoms with Crippen LogP contribution in [-0.4, -0.2) is 48.4 Å². The minimum Gasteiger partial charge on any atom is -0.490 e. The van der Waals surface area contributed by atoms with Crippen molar-refractivity contribution in [3.8, 4) is 22.8 Å². The van der Waals surface area contributed by atoms with Gasteiger partial charge in [0.05, 0.1) is 12.0 Å². The number of nitro groups is 1. The standard InChI is InChI=1S/C12H9N7O6/c1-24-7-3-2-5(4-6(7)19(22)23)9-8(12(20)21)14-17-18(9)11-10(13)15-25-16-11/h2-4H,1H3,(H2,13,15)(H,20,21). The Labute approximate surface area is 137 Å². The van der Waals surface area contributed by atoms with E-state index < -0.39 is 16.6 Å². The van der Waals surface area contributed by atoms with Gasteiger partial charge in [-0.2, -0.15) is 4.68 Å². The number of benzene rings is 1. The molecule has 1 aromatic carbocycles. The molecule has 13 heteroatoms. The lowest BCUT2D eigenvalue weighted by molar-refractivity contribution is -0.385. The average Bonchev–Trinajstić information content (AvgIpc) is 3.19. The van der Waals surface area contributed by atoms with Gasteiger partial charge in [0.2, 0.25) is 11.6 Å². The summed E-state index contributed by atoms with van der Waals surface area (Å²) >= 11 is 0. The summed E-state index contributed by atoms with van der Waals surface area (Å²) in [6.45, 7) is 0. The van der Waals surface area contributed by atoms with Crippen LogP contribution in [-0.2, 0) is 0 Å². The van der Waals surface area contributed by atoms with Crippen LogP contribution in [0.3, 0.4) is 0 Å². The molecule has 3 aromatic rings. The quantitative estimate of drug-likeness (QED) is 0.483. The first-order valence-electron chi connectivity index (χ1n) is 6.54. The summed E-state index contributed by atoms with van der Waals surface area (Å²) in [5, 5.41) is 34.7. The van der Waals surface area contributed by atoms with E-state index in [4.69, 9.17) is 10.5 Å². The number of aromatic nitrogens is 5. The monoisotopic (exact) mass is 347 g/mol. The molecule has 2 aromatic heterocycles. The van der Waals surface area contributed by atoms with E-state index in [0.29, 0.717) is 0 Å². The topological polar surface area (TPSA) is 185 Å². The van der Waals surface area contributed by atoms with E-state index in [1.807, 2.05) is 0 Å². The van der Waals surface area contributed by atoms with Crippen molar-refractivity contribution < 1.29 is 24.2 Å². The molecule has 0 bridgehead atoms. The summed E-state index contributed by atoms with van der Waals surface area (Å²) in [4.78, 5) is 22.0. The van der Waals surface area contributed by atoms with Crippen LogP contribution in [0.25, 0.3) is 17.1 Å². The summed E-state index contributed by atoms with van der Waals surface area (Å²) in [5.74, 6) is -1.65. The van der Waals surface area contributed by atoms with Gasteiger partial charge in [0, 0.05) is 11.6 Å². The SMILES string of the molecule is COc1ccc(-c2c(C(=O)O)nnn2-c2nonc2N)cc1[N+](=O)[O-]. The van der Waals surface area contributed by atoms with Gasteiger partial charge in [0.25, 0.3) is 0 Å². The Bertz CT molecular complexity index is 978. The molecule has 0 spiro atoms. The highest BCUT2D eigenvalue weighted by Crippen LogP contribution is 2.34. The Hall–Kier alpha value is -4.03. The molecule has 0 radical (unpaired) electrons. The van der Waals surface area contributed by atoms with Crippen molar-refractivity contribution in [1.29, 1.82) is 0 Å². The molecule has 13 nitrogen and oxygen atoms in total. The highest BCUT2D eigenvalue weighted by atomic mass is 16.6. The van der Waals surface area contributed by atoms with E-state index in [9.17, 15) is 20.0 Å². The zero-order valence-electron chi connectivity index (χ0n) is 12.5. The molecule has 2 heterocycles. The fraction of sp³-hybridized carbons (Fsp3) is 0.0833. The molecular formula is C12H9N7O6. The minimum absolute atomic E-state index is 0.00673. The Morgan fingerprint density at radius 1 is 1.44 bits per heavy atom. The van der Waals surface area contributed by atoms with Gasteiger partial charge in [-0.25, -0.2) is 9.42 Å². The second-order valence-corrected chi connectivity index (χ2v) is 4.62. The molecule has 0 fully saturated rings. The zero-order valence-corrected chi connectivity index (χ0v) is 12.5. The van der Waals surface area contributed by atoms with Gasteiger partial charge in [0.15, 0.2) is 11.4 Å². The zero-order chi connectivity index (χ0) is 18.1. The van der Waals surface area contributed by atoms with Crippen molar-refractivity contribution >= 4 is 17.5 Å². The smallest absolute Gasteiger partial charge is 0.358 e. The number of hydrogen-bond acceptors (Lipinski definition) is 10. The Kier molecular flexibility index (Phi) is 3.73. The van der Waals surface area contributed by atoms with Crippen LogP contribution in [0.1, 0.15) is 10.5 Å². The van der Waals surface area contributed by atoms with Gasteiger partial charge in [0.1, 0.15) is 5.69 Å². The Morgan fingerprint density at radius 2 is 2.20 bits per heavy atom. The van der Waals surface area contributed by atoms with Crippen molar-refractivity contribution in [3.05, 3.63) is 34.0 Å². The van der Waals surface area contributed by atoms with E-state index in [2.05, 4.69) is 25.3 Å². The molecule has 0 atom stereocenters. The van der Waals surface area contributed by atoms with Crippen molar-refractivity contribution in [2.24, 2.45) is 0 Å². The number of carboxylic acids is 1. The number of rotatable bonds is 5. The third-order valence-corrected chi connectivity index (χ3v) is 3.22. The van der Waals surface area contributed by atoms with E-state index in [1.54, 1.807) is 0 Å². The van der Waals surface area contributed by atoms with Gasteiger partial charge in [-0.05, 0) is 22.4 Å². The van der Waals surface area contributed by atoms with Gasteiger partial charge in [-0.15, -0.1) is 5.10 Å². The van der Waals surface area contributed by atoms with E-state index in [-0.39, 0.29) is 34.3 Å². The van der Waals surface area contributed by atoms with Crippen molar-refractivity contribution in [2.75, 3.05) is 12.8 Å². The summed E-state index contributed by atoms with van der Waals surface area (Å²) in [6, 6.07) is 3.86. The van der Waals surface area contributed by atoms with Crippen LogP contribution in [0.4, 0.5) is 11.5 Å². The maximum Gasteiger partial charge on any atom is 0.358 e. The number of hydrogen-bond donors (Lipinski definition) is 2. The number of nitrogen functional groups attached to an aromatic ring is 1. The number of nitrogens with zero attached hydrogens (tertiary/aromatic N) is 6. The lowest BCUT2D eigenvalue weighted by Crippen LogP contribution is -2.06. The molecule has 128 valence electrons. The van der Waals surface area contributed by atoms with Gasteiger partial charge >= 0.3 is 11.7 Å². The van der Waals surface area contributed by atoms with Crippen LogP contribution >= 0.6 is 0 Å². The van der Waals surface area contributed by atoms with Crippen LogP contribution in [0.15, 0.2) is 22.8 Å². The second kappa shape index (κ2) is 5.88. The number of aromatic carboxylic acids is 1. The first kappa shape index (κ1) is 15.9. The minimum atomic E-state index is -1.39. The molecule has 0 aliphatic carbocycles. The lowest BCUT2D eigenvalue weighted by atomic mass is 10.1. The second-order valence-electron chi connectivity index (χ2n) is 4.62. The van der Waals surface area contributed by atoms with Gasteiger partial charge < -0.3 is 15.6 Å². The predicted octanol–water partition coefficient (Wildman–Crippen LogP) is 0.514. The molecule has 0 aliphatic heterocycles. The molecule has 0 amide bonds. The molecule has 0 saturated heterocycles. The van der Waals surface area contributed by atoms with E-state index >= 15 is 0 Å². The fourth-order valence-electron chi connectivity index (χ4n) is 2.15. The van der Waals surface area contributed by atoms with Crippen LogP contribution < -0.4 is 10.5 Å². The first-order valence-corrected chi connectivity index (χ1v) is 6.54. The number of anilines is 1. The van der Waals surface area contributed by atoms with Gasteiger partial charge in [-0.3, -0.25) is 10.1 Å². The van der Waals surface area contributed by atoms with Crippen LogP contribution in [0.5, 0.6) is 5.75 Å².